The molecule has 8 nitrogen and oxygen atoms in total. The van der Waals surface area contributed by atoms with Gasteiger partial charge in [-0.25, -0.2) is 0 Å². The van der Waals surface area contributed by atoms with Gasteiger partial charge in [-0.1, -0.05) is 184 Å². The molecule has 0 radical (unpaired) electrons. The Morgan fingerprint density at radius 3 is 1.16 bits per heavy atom. The molecular weight excluding hydrogens is 1120 g/mol. The van der Waals surface area contributed by atoms with Crippen LogP contribution in [-0.2, 0) is 9.31 Å². The summed E-state index contributed by atoms with van der Waals surface area (Å²) in [5.74, 6) is 0. The van der Waals surface area contributed by atoms with Gasteiger partial charge in [0, 0.05) is 21.1 Å². The third-order valence-corrected chi connectivity index (χ3v) is 16.2. The van der Waals surface area contributed by atoms with E-state index in [1.54, 1.807) is 24.3 Å². The summed E-state index contributed by atoms with van der Waals surface area (Å²) in [6.07, 6.45) is 0. The Balaban J connectivity index is 0.000000132. The normalized spacial score (nSPS) is 13.9. The van der Waals surface area contributed by atoms with Gasteiger partial charge in [-0.15, -0.1) is 0 Å². The molecule has 0 spiro atoms. The van der Waals surface area contributed by atoms with E-state index < -0.39 is 12.0 Å². The summed E-state index contributed by atoms with van der Waals surface area (Å²) in [6, 6.07) is 65.4. The fourth-order valence-electron chi connectivity index (χ4n) is 10.5. The van der Waals surface area contributed by atoms with E-state index in [1.165, 1.54) is 70.7 Å². The molecule has 1 saturated heterocycles. The van der Waals surface area contributed by atoms with E-state index in [4.69, 9.17) is 9.31 Å². The van der Waals surface area contributed by atoms with Crippen LogP contribution in [0.5, 0.6) is 0 Å². The van der Waals surface area contributed by atoms with Crippen LogP contribution in [0.25, 0.3) is 97.3 Å². The van der Waals surface area contributed by atoms with Crippen LogP contribution < -0.4 is 5.46 Å². The molecule has 1 fully saturated rings. The maximum Gasteiger partial charge on any atom is 0.495 e. The third-order valence-electron chi connectivity index (χ3n) is 14.6. The lowest BCUT2D eigenvalue weighted by Crippen LogP contribution is -2.41. The second-order valence-corrected chi connectivity index (χ2v) is 22.1. The van der Waals surface area contributed by atoms with Crippen molar-refractivity contribution in [1.29, 1.82) is 0 Å². The number of nitrogens with zero attached hydrogens (tertiary/aromatic N) is 2. The zero-order chi connectivity index (χ0) is 51.6. The first-order valence-corrected chi connectivity index (χ1v) is 26.4. The fraction of sp³-hybridized carbons (Fsp3) is 0.0968. The predicted octanol–water partition coefficient (Wildman–Crippen LogP) is 18.4. The smallest absolute Gasteiger partial charge is 0.399 e. The van der Waals surface area contributed by atoms with Crippen LogP contribution in [0.15, 0.2) is 208 Å². The number of hydrogen-bond acceptors (Lipinski definition) is 6. The molecule has 74 heavy (non-hydrogen) atoms. The number of fused-ring (bicyclic) bond motifs is 16. The van der Waals surface area contributed by atoms with E-state index in [9.17, 15) is 20.2 Å². The molecule has 13 rings (SSSR count). The van der Waals surface area contributed by atoms with Gasteiger partial charge in [-0.05, 0) is 171 Å². The molecule has 1 heterocycles. The summed E-state index contributed by atoms with van der Waals surface area (Å²) in [5, 5.41) is 41.4. The highest BCUT2D eigenvalue weighted by molar-refractivity contribution is 9.11. The monoisotopic (exact) mass is 1160 g/mol. The molecule has 12 aromatic carbocycles. The maximum atomic E-state index is 11.9. The molecule has 0 amide bonds. The minimum Gasteiger partial charge on any atom is -0.399 e. The summed E-state index contributed by atoms with van der Waals surface area (Å²) in [6.45, 7) is 8.44. The first kappa shape index (κ1) is 49.2. The maximum absolute atomic E-state index is 11.9. The van der Waals surface area contributed by atoms with E-state index in [0.29, 0.717) is 10.0 Å². The second-order valence-electron chi connectivity index (χ2n) is 19.4. The summed E-state index contributed by atoms with van der Waals surface area (Å²) >= 11 is 9.78. The van der Waals surface area contributed by atoms with Crippen molar-refractivity contribution in [3.05, 3.63) is 228 Å². The molecule has 1 aliphatic rings. The summed E-state index contributed by atoms with van der Waals surface area (Å²) in [7, 11) is -0.399. The Morgan fingerprint density at radius 2 is 0.716 bits per heavy atom. The molecule has 0 unspecified atom stereocenters. The average molecular weight is 1160 g/mol. The van der Waals surface area contributed by atoms with Gasteiger partial charge in [0.2, 0.25) is 0 Å². The standard InChI is InChI=1S/C28H25BO2.C28H16BrNO2.C6H3Br2NO2/c1-27(2)28(3,4)31-29(30-27)25-17-24-20-13-6-5-11-18(20)19-12-7-9-15-22(19)26(24)23-16-10-8-14-21(23)25;29-17-13-14-27(30(31)32)25(15-17)24-16-26-20-9-2-1-7-18(20)19-8-3-5-11-22(19)28(26)23-12-6-4-10-21(23)24;7-4-1-2-6(9(10)11)5(8)3-4/h5-17H,1-4H3;1-16H;1-3H. The predicted molar refractivity (Wildman–Crippen MR) is 317 cm³/mol. The third kappa shape index (κ3) is 8.58. The Hall–Kier alpha value is -7.06. The quantitative estimate of drug-likeness (QED) is 0.0752. The number of benzene rings is 12. The lowest BCUT2D eigenvalue weighted by molar-refractivity contribution is -0.385. The number of halogens is 3. The van der Waals surface area contributed by atoms with Crippen LogP contribution in [0, 0.1) is 20.2 Å². The van der Waals surface area contributed by atoms with Gasteiger partial charge in [0.15, 0.2) is 0 Å². The lowest BCUT2D eigenvalue weighted by Gasteiger charge is -2.32. The molecular formula is C62H44BBr3N2O6. The Labute approximate surface area is 451 Å². The van der Waals surface area contributed by atoms with Crippen molar-refractivity contribution in [2.45, 2.75) is 38.9 Å². The number of nitro benzene ring substituents is 2. The molecule has 12 aromatic rings. The minimum absolute atomic E-state index is 0.0770. The topological polar surface area (TPSA) is 105 Å². The van der Waals surface area contributed by atoms with Crippen molar-refractivity contribution in [3.63, 3.8) is 0 Å². The number of rotatable bonds is 4. The minimum atomic E-state index is -0.434. The molecule has 0 atom stereocenters. The SMILES string of the molecule is CC1(C)OB(c2cc3c4ccccc4c4ccccc4c3c3ccccc23)OC1(C)C.O=[N+]([O-])c1ccc(Br)cc1-c1cc2c3ccccc3c3ccccc3c2c2ccccc12.O=[N+]([O-])c1ccc(Br)cc1Br. The summed E-state index contributed by atoms with van der Waals surface area (Å²) in [5.41, 5.74) is 2.00. The Kier molecular flexibility index (Phi) is 12.8. The molecule has 0 aliphatic carbocycles. The summed E-state index contributed by atoms with van der Waals surface area (Å²) in [4.78, 5) is 21.4. The van der Waals surface area contributed by atoms with Gasteiger partial charge in [-0.2, -0.15) is 0 Å². The van der Waals surface area contributed by atoms with Crippen molar-refractivity contribution < 1.29 is 19.2 Å². The Morgan fingerprint density at radius 1 is 0.378 bits per heavy atom. The van der Waals surface area contributed by atoms with Crippen LogP contribution in [0.2, 0.25) is 0 Å². The first-order chi connectivity index (χ1) is 35.6. The molecule has 0 saturated carbocycles. The summed E-state index contributed by atoms with van der Waals surface area (Å²) < 4.78 is 15.1. The molecule has 0 aromatic heterocycles. The highest BCUT2D eigenvalue weighted by Gasteiger charge is 2.52. The van der Waals surface area contributed by atoms with E-state index in [1.807, 2.05) is 24.3 Å². The van der Waals surface area contributed by atoms with Crippen molar-refractivity contribution in [2.75, 3.05) is 0 Å². The van der Waals surface area contributed by atoms with Gasteiger partial charge in [0.05, 0.1) is 31.1 Å². The van der Waals surface area contributed by atoms with E-state index in [-0.39, 0.29) is 27.5 Å². The largest absolute Gasteiger partial charge is 0.495 e. The van der Waals surface area contributed by atoms with E-state index in [0.717, 1.165) is 41.5 Å². The second kappa shape index (κ2) is 19.3. The van der Waals surface area contributed by atoms with Crippen molar-refractivity contribution in [1.82, 2.24) is 0 Å². The van der Waals surface area contributed by atoms with Crippen molar-refractivity contribution in [2.24, 2.45) is 0 Å². The first-order valence-electron chi connectivity index (χ1n) is 24.0. The van der Waals surface area contributed by atoms with Crippen LogP contribution in [0.1, 0.15) is 27.7 Å². The van der Waals surface area contributed by atoms with Gasteiger partial charge >= 0.3 is 7.12 Å². The highest BCUT2D eigenvalue weighted by atomic mass is 79.9. The van der Waals surface area contributed by atoms with Gasteiger partial charge in [0.1, 0.15) is 0 Å². The Bertz CT molecular complexity index is 4280. The van der Waals surface area contributed by atoms with Gasteiger partial charge in [-0.3, -0.25) is 20.2 Å². The molecule has 362 valence electrons. The molecule has 0 bridgehead atoms. The molecule has 12 heteroatoms. The average Bonchev–Trinajstić information content (AvgIpc) is 3.63. The highest BCUT2D eigenvalue weighted by Crippen LogP contribution is 2.46. The zero-order valence-electron chi connectivity index (χ0n) is 40.5. The van der Waals surface area contributed by atoms with E-state index >= 15 is 0 Å². The van der Waals surface area contributed by atoms with Crippen molar-refractivity contribution in [3.8, 4) is 11.1 Å². The molecule has 0 N–H and O–H groups in total. The zero-order valence-corrected chi connectivity index (χ0v) is 45.3. The van der Waals surface area contributed by atoms with Crippen LogP contribution in [-0.4, -0.2) is 28.2 Å². The lowest BCUT2D eigenvalue weighted by atomic mass is 9.74. The van der Waals surface area contributed by atoms with Gasteiger partial charge < -0.3 is 9.31 Å². The fourth-order valence-corrected chi connectivity index (χ4v) is 12.0. The number of nitro groups is 2. The van der Waals surface area contributed by atoms with Crippen LogP contribution >= 0.6 is 47.8 Å². The van der Waals surface area contributed by atoms with Crippen molar-refractivity contribution >= 4 is 158 Å². The number of hydrogen-bond donors (Lipinski definition) is 0. The molecule has 1 aliphatic heterocycles. The van der Waals surface area contributed by atoms with Crippen LogP contribution in [0.4, 0.5) is 11.4 Å². The van der Waals surface area contributed by atoms with E-state index in [2.05, 4.69) is 215 Å². The van der Waals surface area contributed by atoms with Gasteiger partial charge in [0.25, 0.3) is 11.4 Å². The van der Waals surface area contributed by atoms with Crippen LogP contribution in [0.3, 0.4) is 0 Å².